The zero-order valence-electron chi connectivity index (χ0n) is 13.5. The van der Waals surface area contributed by atoms with Crippen LogP contribution in [0.4, 0.5) is 10.5 Å². The van der Waals surface area contributed by atoms with Crippen molar-refractivity contribution in [2.24, 2.45) is 0 Å². The van der Waals surface area contributed by atoms with E-state index in [0.29, 0.717) is 29.4 Å². The number of rotatable bonds is 3. The number of hydrogen-bond donors (Lipinski definition) is 2. The summed E-state index contributed by atoms with van der Waals surface area (Å²) in [6, 6.07) is 5.19. The molecule has 1 aromatic rings. The number of amides is 3. The van der Waals surface area contributed by atoms with Gasteiger partial charge in [0.25, 0.3) is 5.91 Å². The second-order valence-electron chi connectivity index (χ2n) is 5.95. The van der Waals surface area contributed by atoms with Gasteiger partial charge in [-0.1, -0.05) is 11.6 Å². The summed E-state index contributed by atoms with van der Waals surface area (Å²) >= 11 is 6.22. The molecule has 0 atom stereocenters. The minimum atomic E-state index is -0.178. The Bertz CT molecular complexity index is 620. The third-order valence-electron chi connectivity index (χ3n) is 4.52. The lowest BCUT2D eigenvalue weighted by molar-refractivity contribution is 0.0703. The highest BCUT2D eigenvalue weighted by Crippen LogP contribution is 2.29. The monoisotopic (exact) mass is 372 g/mol. The summed E-state index contributed by atoms with van der Waals surface area (Å²) in [5.74, 6) is -0.0329. The van der Waals surface area contributed by atoms with Crippen molar-refractivity contribution in [1.82, 2.24) is 15.5 Å². The average Bonchev–Trinajstić information content (AvgIpc) is 3.00. The maximum Gasteiger partial charge on any atom is 0.322 e. The Kier molecular flexibility index (Phi) is 6.32. The fraction of sp³-hybridized carbons (Fsp3) is 0.500. The molecule has 0 saturated carbocycles. The predicted octanol–water partition coefficient (Wildman–Crippen LogP) is 2.12. The average molecular weight is 373 g/mol. The Labute approximate surface area is 152 Å². The molecule has 2 heterocycles. The van der Waals surface area contributed by atoms with Crippen molar-refractivity contribution in [3.63, 3.8) is 0 Å². The molecule has 0 aliphatic carbocycles. The van der Waals surface area contributed by atoms with E-state index in [0.717, 1.165) is 25.9 Å². The number of carbonyl (C=O) groups is 2. The first kappa shape index (κ1) is 18.8. The van der Waals surface area contributed by atoms with Gasteiger partial charge in [-0.3, -0.25) is 9.69 Å². The molecular weight excluding hydrogens is 351 g/mol. The summed E-state index contributed by atoms with van der Waals surface area (Å²) in [7, 11) is 1.84. The summed E-state index contributed by atoms with van der Waals surface area (Å²) in [5, 5.41) is 6.52. The summed E-state index contributed by atoms with van der Waals surface area (Å²) in [4.78, 5) is 28.0. The topological polar surface area (TPSA) is 64.7 Å². The number of carbonyl (C=O) groups excluding carboxylic acids is 2. The number of halogens is 2. The van der Waals surface area contributed by atoms with Crippen molar-refractivity contribution in [2.75, 3.05) is 38.1 Å². The first-order valence-electron chi connectivity index (χ1n) is 7.90. The lowest BCUT2D eigenvalue weighted by Crippen LogP contribution is -2.44. The van der Waals surface area contributed by atoms with Crippen LogP contribution in [0.2, 0.25) is 5.02 Å². The smallest absolute Gasteiger partial charge is 0.322 e. The third kappa shape index (κ3) is 3.77. The molecule has 2 aliphatic heterocycles. The van der Waals surface area contributed by atoms with Crippen molar-refractivity contribution in [1.29, 1.82) is 0 Å². The number of piperidine rings is 1. The molecule has 2 aliphatic rings. The van der Waals surface area contributed by atoms with Gasteiger partial charge in [0.2, 0.25) is 0 Å². The highest BCUT2D eigenvalue weighted by molar-refractivity contribution is 6.34. The molecule has 0 spiro atoms. The normalized spacial score (nSPS) is 18.1. The van der Waals surface area contributed by atoms with Gasteiger partial charge in [-0.05, 0) is 44.1 Å². The Morgan fingerprint density at radius 1 is 1.29 bits per heavy atom. The molecule has 2 fully saturated rings. The minimum Gasteiger partial charge on any atom is -0.339 e. The maximum atomic E-state index is 12.7. The first-order valence-corrected chi connectivity index (χ1v) is 8.28. The zero-order chi connectivity index (χ0) is 16.4. The van der Waals surface area contributed by atoms with Crippen molar-refractivity contribution in [2.45, 2.75) is 18.9 Å². The molecule has 1 aromatic carbocycles. The third-order valence-corrected chi connectivity index (χ3v) is 4.84. The van der Waals surface area contributed by atoms with Gasteiger partial charge in [-0.15, -0.1) is 12.4 Å². The molecule has 24 heavy (non-hydrogen) atoms. The van der Waals surface area contributed by atoms with Gasteiger partial charge in [-0.2, -0.15) is 0 Å². The van der Waals surface area contributed by atoms with E-state index in [-0.39, 0.29) is 30.4 Å². The second-order valence-corrected chi connectivity index (χ2v) is 6.35. The zero-order valence-corrected chi connectivity index (χ0v) is 15.1. The van der Waals surface area contributed by atoms with Crippen molar-refractivity contribution in [3.8, 4) is 0 Å². The number of benzene rings is 1. The molecule has 2 saturated heterocycles. The van der Waals surface area contributed by atoms with E-state index < -0.39 is 0 Å². The van der Waals surface area contributed by atoms with E-state index in [1.165, 1.54) is 0 Å². The van der Waals surface area contributed by atoms with E-state index in [1.807, 2.05) is 7.05 Å². The number of anilines is 1. The van der Waals surface area contributed by atoms with Gasteiger partial charge in [0.15, 0.2) is 0 Å². The molecule has 0 aromatic heterocycles. The Balaban J connectivity index is 0.00000208. The number of nitrogens with one attached hydrogen (secondary N) is 2. The van der Waals surface area contributed by atoms with E-state index in [4.69, 9.17) is 11.6 Å². The standard InChI is InChI=1S/C16H21ClN4O2.ClH/c1-20(12-4-6-18-7-5-12)15(22)11-2-3-13(17)14(10-11)21-9-8-19-16(21)23;/h2-3,10,12,18H,4-9H2,1H3,(H,19,23);1H. The van der Waals surface area contributed by atoms with Gasteiger partial charge < -0.3 is 15.5 Å². The summed E-state index contributed by atoms with van der Waals surface area (Å²) < 4.78 is 0. The SMILES string of the molecule is CN(C(=O)c1ccc(Cl)c(N2CCNC2=O)c1)C1CCNCC1.Cl. The Hall–Kier alpha value is -1.50. The van der Waals surface area contributed by atoms with Crippen molar-refractivity contribution in [3.05, 3.63) is 28.8 Å². The van der Waals surface area contributed by atoms with Crippen LogP contribution in [0.5, 0.6) is 0 Å². The molecule has 132 valence electrons. The lowest BCUT2D eigenvalue weighted by atomic mass is 10.0. The van der Waals surface area contributed by atoms with E-state index in [9.17, 15) is 9.59 Å². The number of hydrogen-bond acceptors (Lipinski definition) is 3. The number of nitrogens with zero attached hydrogens (tertiary/aromatic N) is 2. The predicted molar refractivity (Wildman–Crippen MR) is 97.4 cm³/mol. The minimum absolute atomic E-state index is 0. The van der Waals surface area contributed by atoms with Crippen LogP contribution in [0.3, 0.4) is 0 Å². The number of urea groups is 1. The van der Waals surface area contributed by atoms with E-state index in [2.05, 4.69) is 10.6 Å². The highest BCUT2D eigenvalue weighted by Gasteiger charge is 2.26. The molecular formula is C16H22Cl2N4O2. The summed E-state index contributed by atoms with van der Waals surface area (Å²) in [6.45, 7) is 3.01. The molecule has 6 nitrogen and oxygen atoms in total. The Morgan fingerprint density at radius 3 is 2.62 bits per heavy atom. The van der Waals surface area contributed by atoms with Crippen LogP contribution >= 0.6 is 24.0 Å². The van der Waals surface area contributed by atoms with Crippen molar-refractivity contribution < 1.29 is 9.59 Å². The lowest BCUT2D eigenvalue weighted by Gasteiger charge is -2.32. The Morgan fingerprint density at radius 2 is 2.00 bits per heavy atom. The maximum absolute atomic E-state index is 12.7. The van der Waals surface area contributed by atoms with Gasteiger partial charge in [0.05, 0.1) is 10.7 Å². The van der Waals surface area contributed by atoms with Gasteiger partial charge >= 0.3 is 6.03 Å². The van der Waals surface area contributed by atoms with Crippen LogP contribution in [-0.2, 0) is 0 Å². The second kappa shape index (κ2) is 8.05. The largest absolute Gasteiger partial charge is 0.339 e. The van der Waals surface area contributed by atoms with Crippen LogP contribution in [0.1, 0.15) is 23.2 Å². The molecule has 3 rings (SSSR count). The highest BCUT2D eigenvalue weighted by atomic mass is 35.5. The van der Waals surface area contributed by atoms with Crippen LogP contribution in [0.15, 0.2) is 18.2 Å². The summed E-state index contributed by atoms with van der Waals surface area (Å²) in [6.07, 6.45) is 1.91. The summed E-state index contributed by atoms with van der Waals surface area (Å²) in [5.41, 5.74) is 1.15. The van der Waals surface area contributed by atoms with Crippen LogP contribution < -0.4 is 15.5 Å². The van der Waals surface area contributed by atoms with E-state index in [1.54, 1.807) is 28.0 Å². The molecule has 2 N–H and O–H groups in total. The molecule has 0 radical (unpaired) electrons. The fourth-order valence-corrected chi connectivity index (χ4v) is 3.34. The van der Waals surface area contributed by atoms with Gasteiger partial charge in [0.1, 0.15) is 0 Å². The quantitative estimate of drug-likeness (QED) is 0.853. The van der Waals surface area contributed by atoms with Gasteiger partial charge in [0, 0.05) is 31.7 Å². The van der Waals surface area contributed by atoms with Crippen LogP contribution in [0.25, 0.3) is 0 Å². The molecule has 8 heteroatoms. The van der Waals surface area contributed by atoms with Crippen LogP contribution in [-0.4, -0.2) is 56.1 Å². The first-order chi connectivity index (χ1) is 11.1. The van der Waals surface area contributed by atoms with Gasteiger partial charge in [-0.25, -0.2) is 4.79 Å². The molecule has 0 bridgehead atoms. The molecule has 3 amide bonds. The van der Waals surface area contributed by atoms with Crippen molar-refractivity contribution >= 4 is 41.6 Å². The van der Waals surface area contributed by atoms with E-state index >= 15 is 0 Å². The molecule has 0 unspecified atom stereocenters. The fourth-order valence-electron chi connectivity index (χ4n) is 3.12. The van der Waals surface area contributed by atoms with Crippen LogP contribution in [0, 0.1) is 0 Å².